The van der Waals surface area contributed by atoms with Crippen LogP contribution in [0.3, 0.4) is 0 Å². The highest BCUT2D eigenvalue weighted by Gasteiger charge is 2.34. The number of hydrogen-bond donors (Lipinski definition) is 3. The number of ether oxygens (including phenoxy) is 1. The Labute approximate surface area is 184 Å². The number of benzene rings is 1. The van der Waals surface area contributed by atoms with Crippen LogP contribution in [0.2, 0.25) is 0 Å². The molecule has 0 aliphatic heterocycles. The van der Waals surface area contributed by atoms with Crippen molar-refractivity contribution in [1.29, 1.82) is 0 Å². The van der Waals surface area contributed by atoms with Crippen LogP contribution in [0.15, 0.2) is 24.3 Å². The Morgan fingerprint density at radius 1 is 1.13 bits per heavy atom. The first kappa shape index (κ1) is 24.5. The van der Waals surface area contributed by atoms with E-state index < -0.39 is 29.7 Å². The second-order valence-electron chi connectivity index (χ2n) is 9.12. The van der Waals surface area contributed by atoms with Crippen LogP contribution in [0.5, 0.6) is 5.75 Å². The molecule has 3 amide bonds. The lowest BCUT2D eigenvalue weighted by molar-refractivity contribution is -0.140. The SMILES string of the molecule is CC(NC(=O)OC(C)(C)C)C(=O)N(C)C(C(=O)NC1CCCCC1)c1ccccc1O. The second-order valence-corrected chi connectivity index (χ2v) is 9.12. The minimum atomic E-state index is -1.03. The molecule has 8 heteroatoms. The summed E-state index contributed by atoms with van der Waals surface area (Å²) in [5.41, 5.74) is -0.368. The molecule has 0 heterocycles. The van der Waals surface area contributed by atoms with Gasteiger partial charge in [-0.2, -0.15) is 0 Å². The van der Waals surface area contributed by atoms with E-state index in [0.717, 1.165) is 32.1 Å². The topological polar surface area (TPSA) is 108 Å². The molecule has 1 fully saturated rings. The van der Waals surface area contributed by atoms with Crippen LogP contribution in [-0.4, -0.2) is 52.6 Å². The Bertz CT molecular complexity index is 784. The molecule has 0 bridgehead atoms. The molecule has 1 saturated carbocycles. The van der Waals surface area contributed by atoms with Gasteiger partial charge in [0.2, 0.25) is 11.8 Å². The molecule has 2 rings (SSSR count). The van der Waals surface area contributed by atoms with Crippen molar-refractivity contribution in [3.63, 3.8) is 0 Å². The van der Waals surface area contributed by atoms with Crippen molar-refractivity contribution in [3.8, 4) is 5.75 Å². The molecule has 0 saturated heterocycles. The number of rotatable bonds is 6. The fourth-order valence-corrected chi connectivity index (χ4v) is 3.75. The summed E-state index contributed by atoms with van der Waals surface area (Å²) in [6.07, 6.45) is 4.34. The van der Waals surface area contributed by atoms with E-state index in [4.69, 9.17) is 4.74 Å². The molecule has 3 N–H and O–H groups in total. The highest BCUT2D eigenvalue weighted by atomic mass is 16.6. The quantitative estimate of drug-likeness (QED) is 0.638. The Kier molecular flexibility index (Phi) is 8.30. The summed E-state index contributed by atoms with van der Waals surface area (Å²) in [6, 6.07) is 4.57. The van der Waals surface area contributed by atoms with Crippen LogP contribution < -0.4 is 10.6 Å². The van der Waals surface area contributed by atoms with Gasteiger partial charge in [0.05, 0.1) is 0 Å². The molecule has 0 spiro atoms. The summed E-state index contributed by atoms with van der Waals surface area (Å²) in [7, 11) is 1.49. The van der Waals surface area contributed by atoms with Crippen LogP contribution in [0, 0.1) is 0 Å². The van der Waals surface area contributed by atoms with Crippen molar-refractivity contribution >= 4 is 17.9 Å². The number of nitrogens with zero attached hydrogens (tertiary/aromatic N) is 1. The normalized spacial score (nSPS) is 16.7. The smallest absolute Gasteiger partial charge is 0.408 e. The highest BCUT2D eigenvalue weighted by Crippen LogP contribution is 2.29. The summed E-state index contributed by atoms with van der Waals surface area (Å²) in [5, 5.41) is 15.9. The van der Waals surface area contributed by atoms with Crippen LogP contribution in [0.4, 0.5) is 4.79 Å². The molecular weight excluding hydrogens is 398 g/mol. The number of alkyl carbamates (subject to hydrolysis) is 1. The van der Waals surface area contributed by atoms with E-state index in [1.165, 1.54) is 24.9 Å². The molecule has 172 valence electrons. The minimum absolute atomic E-state index is 0.0513. The number of aromatic hydroxyl groups is 1. The molecule has 1 aliphatic carbocycles. The molecule has 2 atom stereocenters. The Morgan fingerprint density at radius 3 is 2.32 bits per heavy atom. The lowest BCUT2D eigenvalue weighted by atomic mass is 9.94. The molecule has 2 unspecified atom stereocenters. The van der Waals surface area contributed by atoms with Crippen molar-refractivity contribution < 1.29 is 24.2 Å². The third kappa shape index (κ3) is 7.15. The van der Waals surface area contributed by atoms with Gasteiger partial charge >= 0.3 is 6.09 Å². The molecule has 1 aromatic rings. The first-order valence-electron chi connectivity index (χ1n) is 10.8. The summed E-state index contributed by atoms with van der Waals surface area (Å²) < 4.78 is 5.21. The van der Waals surface area contributed by atoms with Crippen molar-refractivity contribution in [1.82, 2.24) is 15.5 Å². The predicted octanol–water partition coefficient (Wildman–Crippen LogP) is 3.25. The van der Waals surface area contributed by atoms with Crippen molar-refractivity contribution in [3.05, 3.63) is 29.8 Å². The molecule has 0 radical (unpaired) electrons. The van der Waals surface area contributed by atoms with Gasteiger partial charge in [0.1, 0.15) is 23.4 Å². The van der Waals surface area contributed by atoms with Gasteiger partial charge in [-0.05, 0) is 46.6 Å². The first-order chi connectivity index (χ1) is 14.5. The average Bonchev–Trinajstić information content (AvgIpc) is 2.68. The number of hydrogen-bond acceptors (Lipinski definition) is 5. The molecule has 0 aromatic heterocycles. The maximum absolute atomic E-state index is 13.2. The van der Waals surface area contributed by atoms with Gasteiger partial charge in [-0.25, -0.2) is 4.79 Å². The van der Waals surface area contributed by atoms with Gasteiger partial charge < -0.3 is 25.4 Å². The summed E-state index contributed by atoms with van der Waals surface area (Å²) >= 11 is 0. The van der Waals surface area contributed by atoms with Gasteiger partial charge in [-0.15, -0.1) is 0 Å². The number of para-hydroxylation sites is 1. The van der Waals surface area contributed by atoms with Crippen LogP contribution in [-0.2, 0) is 14.3 Å². The monoisotopic (exact) mass is 433 g/mol. The van der Waals surface area contributed by atoms with E-state index in [-0.39, 0.29) is 17.7 Å². The fraction of sp³-hybridized carbons (Fsp3) is 0.609. The van der Waals surface area contributed by atoms with Gasteiger partial charge in [-0.1, -0.05) is 37.5 Å². The predicted molar refractivity (Wildman–Crippen MR) is 117 cm³/mol. The van der Waals surface area contributed by atoms with E-state index in [1.54, 1.807) is 39.0 Å². The summed E-state index contributed by atoms with van der Waals surface area (Å²) in [6.45, 7) is 6.72. The van der Waals surface area contributed by atoms with E-state index in [2.05, 4.69) is 10.6 Å². The number of phenols is 1. The molecule has 8 nitrogen and oxygen atoms in total. The number of amides is 3. The largest absolute Gasteiger partial charge is 0.508 e. The first-order valence-corrected chi connectivity index (χ1v) is 10.8. The zero-order valence-corrected chi connectivity index (χ0v) is 19.1. The molecule has 31 heavy (non-hydrogen) atoms. The number of phenolic OH excluding ortho intramolecular Hbond substituents is 1. The molecular formula is C23H35N3O5. The van der Waals surface area contributed by atoms with Crippen molar-refractivity contribution in [2.45, 2.75) is 83.5 Å². The maximum Gasteiger partial charge on any atom is 0.408 e. The average molecular weight is 434 g/mol. The van der Waals surface area contributed by atoms with E-state index in [0.29, 0.717) is 5.56 Å². The van der Waals surface area contributed by atoms with Crippen LogP contribution >= 0.6 is 0 Å². The zero-order chi connectivity index (χ0) is 23.2. The second kappa shape index (κ2) is 10.5. The lowest BCUT2D eigenvalue weighted by Gasteiger charge is -2.32. The number of carbonyl (C=O) groups is 3. The Morgan fingerprint density at radius 2 is 1.74 bits per heavy atom. The van der Waals surface area contributed by atoms with Gasteiger partial charge in [0.15, 0.2) is 0 Å². The van der Waals surface area contributed by atoms with Crippen molar-refractivity contribution in [2.24, 2.45) is 0 Å². The summed E-state index contributed by atoms with van der Waals surface area (Å²) in [5.74, 6) is -0.898. The van der Waals surface area contributed by atoms with Gasteiger partial charge in [-0.3, -0.25) is 9.59 Å². The molecule has 1 aromatic carbocycles. The van der Waals surface area contributed by atoms with E-state index in [1.807, 2.05) is 0 Å². The third-order valence-corrected chi connectivity index (χ3v) is 5.27. The number of nitrogens with one attached hydrogen (secondary N) is 2. The maximum atomic E-state index is 13.2. The standard InChI is InChI=1S/C23H35N3O5/c1-15(24-22(30)31-23(2,3)4)21(29)26(5)19(17-13-9-10-14-18(17)27)20(28)25-16-11-7-6-8-12-16/h9-10,13-16,19,27H,6-8,11-12H2,1-5H3,(H,24,30)(H,25,28). The third-order valence-electron chi connectivity index (χ3n) is 5.27. The van der Waals surface area contributed by atoms with Crippen molar-refractivity contribution in [2.75, 3.05) is 7.05 Å². The van der Waals surface area contributed by atoms with Gasteiger partial charge in [0, 0.05) is 18.7 Å². The fourth-order valence-electron chi connectivity index (χ4n) is 3.75. The van der Waals surface area contributed by atoms with E-state index >= 15 is 0 Å². The zero-order valence-electron chi connectivity index (χ0n) is 19.1. The highest BCUT2D eigenvalue weighted by molar-refractivity contribution is 5.92. The number of carbonyl (C=O) groups excluding carboxylic acids is 3. The minimum Gasteiger partial charge on any atom is -0.508 e. The Balaban J connectivity index is 2.19. The summed E-state index contributed by atoms with van der Waals surface area (Å²) in [4.78, 5) is 39.6. The Hall–Kier alpha value is -2.77. The molecule has 1 aliphatic rings. The van der Waals surface area contributed by atoms with Crippen LogP contribution in [0.1, 0.15) is 71.4 Å². The van der Waals surface area contributed by atoms with Crippen LogP contribution in [0.25, 0.3) is 0 Å². The lowest BCUT2D eigenvalue weighted by Crippen LogP contribution is -2.51. The van der Waals surface area contributed by atoms with E-state index in [9.17, 15) is 19.5 Å². The number of likely N-dealkylation sites (N-methyl/N-ethyl adjacent to an activating group) is 1. The van der Waals surface area contributed by atoms with Gasteiger partial charge in [0.25, 0.3) is 0 Å².